The number of rotatable bonds is 1. The minimum absolute atomic E-state index is 0.375. The lowest BCUT2D eigenvalue weighted by Gasteiger charge is -1.83. The molecule has 0 fully saturated rings. The van der Waals surface area contributed by atoms with Crippen LogP contribution in [0.25, 0.3) is 0 Å². The van der Waals surface area contributed by atoms with Crippen molar-refractivity contribution in [2.75, 3.05) is 12.8 Å². The van der Waals surface area contributed by atoms with E-state index in [0.717, 1.165) is 0 Å². The molecule has 1 aromatic heterocycles. The number of nitrogen functional groups attached to an aromatic ring is 1. The van der Waals surface area contributed by atoms with Crippen molar-refractivity contribution in [2.45, 2.75) is 0 Å². The Hall–Kier alpha value is -1.58. The second-order valence-electron chi connectivity index (χ2n) is 1.62. The maximum absolute atomic E-state index is 8.95. The minimum atomic E-state index is 0.375. The van der Waals surface area contributed by atoms with Crippen LogP contribution in [0.3, 0.4) is 0 Å². The molecule has 0 saturated heterocycles. The van der Waals surface area contributed by atoms with Crippen molar-refractivity contribution in [2.24, 2.45) is 0 Å². The molecule has 0 aliphatic carbocycles. The Bertz CT molecular complexity index is 189. The second kappa shape index (κ2) is 6.54. The smallest absolute Gasteiger partial charge is 0.292 e. The average Bonchev–Trinajstić information content (AvgIpc) is 2.07. The number of aromatic nitrogens is 1. The first-order chi connectivity index (χ1) is 5.31. The molecule has 0 atom stereocenters. The molecular weight excluding hydrogens is 144 g/mol. The molecule has 0 spiro atoms. The average molecular weight is 154 g/mol. The number of hydrogen-bond acceptors (Lipinski definition) is 4. The van der Waals surface area contributed by atoms with Crippen molar-refractivity contribution < 1.29 is 9.53 Å². The Balaban J connectivity index is 0.000000218. The van der Waals surface area contributed by atoms with Gasteiger partial charge in [-0.3, -0.25) is 9.78 Å². The van der Waals surface area contributed by atoms with E-state index in [1.807, 2.05) is 0 Å². The van der Waals surface area contributed by atoms with Gasteiger partial charge in [0.15, 0.2) is 0 Å². The number of nitrogens with two attached hydrogens (primary N) is 1. The summed E-state index contributed by atoms with van der Waals surface area (Å²) in [5, 5.41) is 0. The summed E-state index contributed by atoms with van der Waals surface area (Å²) in [4.78, 5) is 12.7. The van der Waals surface area contributed by atoms with Gasteiger partial charge in [0.2, 0.25) is 0 Å². The van der Waals surface area contributed by atoms with Crippen LogP contribution in [0.5, 0.6) is 0 Å². The van der Waals surface area contributed by atoms with E-state index >= 15 is 0 Å². The summed E-state index contributed by atoms with van der Waals surface area (Å²) in [5.41, 5.74) is 6.01. The van der Waals surface area contributed by atoms with Crippen LogP contribution in [-0.4, -0.2) is 18.6 Å². The van der Waals surface area contributed by atoms with Gasteiger partial charge in [0.25, 0.3) is 6.47 Å². The summed E-state index contributed by atoms with van der Waals surface area (Å²) in [5.74, 6) is 0. The van der Waals surface area contributed by atoms with Crippen LogP contribution in [0.2, 0.25) is 0 Å². The third kappa shape index (κ3) is 6.30. The van der Waals surface area contributed by atoms with Crippen LogP contribution in [0.1, 0.15) is 0 Å². The summed E-state index contributed by atoms with van der Waals surface area (Å²) in [6.07, 6.45) is 3.30. The van der Waals surface area contributed by atoms with Crippen molar-refractivity contribution in [1.29, 1.82) is 0 Å². The van der Waals surface area contributed by atoms with Gasteiger partial charge in [-0.2, -0.15) is 0 Å². The number of ether oxygens (including phenoxy) is 1. The minimum Gasteiger partial charge on any atom is -0.471 e. The van der Waals surface area contributed by atoms with Crippen molar-refractivity contribution in [3.63, 3.8) is 0 Å². The molecule has 0 bridgehead atoms. The third-order valence-electron chi connectivity index (χ3n) is 0.781. The van der Waals surface area contributed by atoms with E-state index in [-0.39, 0.29) is 0 Å². The molecule has 0 aliphatic rings. The quantitative estimate of drug-likeness (QED) is 0.596. The fraction of sp³-hybridized carbons (Fsp3) is 0.143. The first-order valence-electron chi connectivity index (χ1n) is 2.93. The summed E-state index contributed by atoms with van der Waals surface area (Å²) < 4.78 is 3.86. The SMILES string of the molecule is COC=O.Nc1cccnc1. The monoisotopic (exact) mass is 154 g/mol. The zero-order valence-corrected chi connectivity index (χ0v) is 6.23. The van der Waals surface area contributed by atoms with E-state index in [0.29, 0.717) is 12.2 Å². The van der Waals surface area contributed by atoms with Gasteiger partial charge in [0.05, 0.1) is 12.8 Å². The summed E-state index contributed by atoms with van der Waals surface area (Å²) >= 11 is 0. The van der Waals surface area contributed by atoms with Crippen LogP contribution in [0.4, 0.5) is 5.69 Å². The molecule has 1 heterocycles. The highest BCUT2D eigenvalue weighted by Gasteiger charge is 1.73. The molecule has 2 N–H and O–H groups in total. The molecule has 0 aliphatic heterocycles. The van der Waals surface area contributed by atoms with Crippen LogP contribution in [-0.2, 0) is 9.53 Å². The highest BCUT2D eigenvalue weighted by molar-refractivity contribution is 5.36. The summed E-state index contributed by atoms with van der Waals surface area (Å²) in [6.45, 7) is 0.375. The van der Waals surface area contributed by atoms with Gasteiger partial charge in [-0.15, -0.1) is 0 Å². The molecule has 4 heteroatoms. The molecule has 0 amide bonds. The molecule has 0 saturated carbocycles. The maximum Gasteiger partial charge on any atom is 0.292 e. The number of pyridine rings is 1. The maximum atomic E-state index is 8.95. The number of hydrogen-bond donors (Lipinski definition) is 1. The molecule has 0 aromatic carbocycles. The van der Waals surface area contributed by atoms with Crippen molar-refractivity contribution in [1.82, 2.24) is 4.98 Å². The predicted octanol–water partition coefficient (Wildman–Crippen LogP) is 0.453. The van der Waals surface area contributed by atoms with Crippen molar-refractivity contribution in [3.8, 4) is 0 Å². The summed E-state index contributed by atoms with van der Waals surface area (Å²) in [7, 11) is 1.31. The van der Waals surface area contributed by atoms with E-state index in [4.69, 9.17) is 10.5 Å². The lowest BCUT2D eigenvalue weighted by atomic mass is 10.4. The Morgan fingerprint density at radius 1 is 1.73 bits per heavy atom. The fourth-order valence-corrected chi connectivity index (χ4v) is 0.376. The predicted molar refractivity (Wildman–Crippen MR) is 41.7 cm³/mol. The van der Waals surface area contributed by atoms with Crippen LogP contribution < -0.4 is 5.73 Å². The number of anilines is 1. The molecule has 0 radical (unpaired) electrons. The van der Waals surface area contributed by atoms with Gasteiger partial charge in [-0.1, -0.05) is 0 Å². The lowest BCUT2D eigenvalue weighted by Crippen LogP contribution is -1.82. The standard InChI is InChI=1S/C5H6N2.C2H4O2/c6-5-2-1-3-7-4-5;1-4-2-3/h1-4H,6H2;2H,1H3. The van der Waals surface area contributed by atoms with Gasteiger partial charge in [0.1, 0.15) is 0 Å². The first-order valence-corrected chi connectivity index (χ1v) is 2.93. The fourth-order valence-electron chi connectivity index (χ4n) is 0.376. The van der Waals surface area contributed by atoms with Gasteiger partial charge in [-0.25, -0.2) is 0 Å². The number of methoxy groups -OCH3 is 1. The molecule has 4 nitrogen and oxygen atoms in total. The molecule has 0 unspecified atom stereocenters. The zero-order chi connectivity index (χ0) is 8.53. The number of nitrogens with zero attached hydrogens (tertiary/aromatic N) is 1. The molecule has 1 aromatic rings. The van der Waals surface area contributed by atoms with E-state index < -0.39 is 0 Å². The van der Waals surface area contributed by atoms with Crippen LogP contribution in [0.15, 0.2) is 24.5 Å². The van der Waals surface area contributed by atoms with Gasteiger partial charge in [-0.05, 0) is 12.1 Å². The second-order valence-corrected chi connectivity index (χ2v) is 1.62. The van der Waals surface area contributed by atoms with Gasteiger partial charge < -0.3 is 10.5 Å². The van der Waals surface area contributed by atoms with Crippen LogP contribution >= 0.6 is 0 Å². The normalized spacial score (nSPS) is 7.36. The summed E-state index contributed by atoms with van der Waals surface area (Å²) in [6, 6.07) is 3.60. The molecule has 1 rings (SSSR count). The van der Waals surface area contributed by atoms with E-state index in [9.17, 15) is 0 Å². The Morgan fingerprint density at radius 3 is 2.55 bits per heavy atom. The highest BCUT2D eigenvalue weighted by atomic mass is 16.5. The molecular formula is C7H10N2O2. The number of carbonyl (C=O) groups is 1. The largest absolute Gasteiger partial charge is 0.471 e. The van der Waals surface area contributed by atoms with Crippen LogP contribution in [0, 0.1) is 0 Å². The van der Waals surface area contributed by atoms with E-state index in [1.54, 1.807) is 24.5 Å². The van der Waals surface area contributed by atoms with Crippen molar-refractivity contribution in [3.05, 3.63) is 24.5 Å². The Labute approximate surface area is 65.0 Å². The Morgan fingerprint density at radius 2 is 2.36 bits per heavy atom. The lowest BCUT2D eigenvalue weighted by molar-refractivity contribution is -0.126. The highest BCUT2D eigenvalue weighted by Crippen LogP contribution is 1.92. The van der Waals surface area contributed by atoms with E-state index in [1.165, 1.54) is 7.11 Å². The topological polar surface area (TPSA) is 65.2 Å². The van der Waals surface area contributed by atoms with Gasteiger partial charge in [0, 0.05) is 12.4 Å². The first kappa shape index (κ1) is 9.42. The van der Waals surface area contributed by atoms with Crippen molar-refractivity contribution >= 4 is 12.2 Å². The molecule has 11 heavy (non-hydrogen) atoms. The van der Waals surface area contributed by atoms with Gasteiger partial charge >= 0.3 is 0 Å². The zero-order valence-electron chi connectivity index (χ0n) is 6.23. The number of carbonyl (C=O) groups excluding carboxylic acids is 1. The van der Waals surface area contributed by atoms with E-state index in [2.05, 4.69) is 9.72 Å². The molecule has 60 valence electrons. The Kier molecular flexibility index (Phi) is 5.60. The third-order valence-corrected chi connectivity index (χ3v) is 0.781.